The SMILES string of the molecule is O=C(Cn1nnc(-c2ccc([N+](=O)[O-])cc2)n1)NCC1OCCc2ccccc21. The first-order valence-electron chi connectivity index (χ1n) is 9.09. The third-order valence-electron chi connectivity index (χ3n) is 4.65. The molecule has 0 bridgehead atoms. The summed E-state index contributed by atoms with van der Waals surface area (Å²) in [4.78, 5) is 23.7. The summed E-state index contributed by atoms with van der Waals surface area (Å²) >= 11 is 0. The van der Waals surface area contributed by atoms with Crippen LogP contribution in [-0.4, -0.2) is 44.2 Å². The van der Waals surface area contributed by atoms with Crippen molar-refractivity contribution in [2.45, 2.75) is 19.1 Å². The normalized spacial score (nSPS) is 15.5. The highest BCUT2D eigenvalue weighted by Gasteiger charge is 2.21. The third-order valence-corrected chi connectivity index (χ3v) is 4.65. The minimum absolute atomic E-state index is 0.0213. The van der Waals surface area contributed by atoms with Gasteiger partial charge in [0.15, 0.2) is 0 Å². The Morgan fingerprint density at radius 2 is 2.03 bits per heavy atom. The first-order valence-corrected chi connectivity index (χ1v) is 9.09. The van der Waals surface area contributed by atoms with Gasteiger partial charge in [-0.2, -0.15) is 4.80 Å². The summed E-state index contributed by atoms with van der Waals surface area (Å²) in [6.45, 7) is 0.898. The molecule has 1 N–H and O–H groups in total. The van der Waals surface area contributed by atoms with Crippen LogP contribution in [0.15, 0.2) is 48.5 Å². The molecule has 0 saturated heterocycles. The van der Waals surface area contributed by atoms with Crippen molar-refractivity contribution < 1.29 is 14.5 Å². The van der Waals surface area contributed by atoms with E-state index in [0.29, 0.717) is 18.7 Å². The number of rotatable bonds is 6. The maximum atomic E-state index is 12.3. The number of ether oxygens (including phenoxy) is 1. The number of carbonyl (C=O) groups is 1. The number of benzene rings is 2. The number of amides is 1. The molecule has 29 heavy (non-hydrogen) atoms. The van der Waals surface area contributed by atoms with Gasteiger partial charge in [-0.25, -0.2) is 0 Å². The number of non-ortho nitro benzene ring substituents is 1. The van der Waals surface area contributed by atoms with Gasteiger partial charge in [-0.1, -0.05) is 24.3 Å². The molecular formula is C19H18N6O4. The lowest BCUT2D eigenvalue weighted by Crippen LogP contribution is -2.34. The summed E-state index contributed by atoms with van der Waals surface area (Å²) in [6, 6.07) is 13.9. The third kappa shape index (κ3) is 4.27. The van der Waals surface area contributed by atoms with Crippen molar-refractivity contribution in [3.05, 3.63) is 69.8 Å². The second-order valence-electron chi connectivity index (χ2n) is 6.56. The first kappa shape index (κ1) is 18.7. The molecule has 148 valence electrons. The average Bonchev–Trinajstić information content (AvgIpc) is 3.20. The van der Waals surface area contributed by atoms with Gasteiger partial charge in [0.1, 0.15) is 12.6 Å². The second-order valence-corrected chi connectivity index (χ2v) is 6.56. The number of carbonyl (C=O) groups excluding carboxylic acids is 1. The molecule has 0 radical (unpaired) electrons. The average molecular weight is 394 g/mol. The molecule has 1 aromatic heterocycles. The number of fused-ring (bicyclic) bond motifs is 1. The van der Waals surface area contributed by atoms with Gasteiger partial charge in [-0.15, -0.1) is 10.2 Å². The van der Waals surface area contributed by atoms with E-state index in [2.05, 4.69) is 26.8 Å². The van der Waals surface area contributed by atoms with Gasteiger partial charge in [-0.05, 0) is 34.9 Å². The molecule has 10 nitrogen and oxygen atoms in total. The smallest absolute Gasteiger partial charge is 0.269 e. The lowest BCUT2D eigenvalue weighted by molar-refractivity contribution is -0.384. The molecule has 1 unspecified atom stereocenters. The van der Waals surface area contributed by atoms with E-state index in [-0.39, 0.29) is 30.1 Å². The number of nitrogens with zero attached hydrogens (tertiary/aromatic N) is 5. The van der Waals surface area contributed by atoms with Gasteiger partial charge in [0.05, 0.1) is 11.5 Å². The van der Waals surface area contributed by atoms with Crippen LogP contribution in [0.1, 0.15) is 17.2 Å². The van der Waals surface area contributed by atoms with Gasteiger partial charge < -0.3 is 10.1 Å². The van der Waals surface area contributed by atoms with Crippen LogP contribution in [0, 0.1) is 10.1 Å². The van der Waals surface area contributed by atoms with Crippen molar-refractivity contribution in [2.24, 2.45) is 0 Å². The van der Waals surface area contributed by atoms with Crippen molar-refractivity contribution in [2.75, 3.05) is 13.2 Å². The van der Waals surface area contributed by atoms with Crippen LogP contribution in [-0.2, 0) is 22.5 Å². The van der Waals surface area contributed by atoms with Gasteiger partial charge in [0.2, 0.25) is 11.7 Å². The van der Waals surface area contributed by atoms with Crippen LogP contribution >= 0.6 is 0 Å². The van der Waals surface area contributed by atoms with E-state index >= 15 is 0 Å². The number of hydrogen-bond acceptors (Lipinski definition) is 7. The quantitative estimate of drug-likeness (QED) is 0.498. The predicted octanol–water partition coefficient (Wildman–Crippen LogP) is 1.68. The zero-order valence-corrected chi connectivity index (χ0v) is 15.4. The van der Waals surface area contributed by atoms with Crippen molar-refractivity contribution in [3.8, 4) is 11.4 Å². The van der Waals surface area contributed by atoms with Crippen LogP contribution in [0.2, 0.25) is 0 Å². The monoisotopic (exact) mass is 394 g/mol. The first-order chi connectivity index (χ1) is 14.1. The van der Waals surface area contributed by atoms with Gasteiger partial charge in [-0.3, -0.25) is 14.9 Å². The van der Waals surface area contributed by atoms with Crippen molar-refractivity contribution >= 4 is 11.6 Å². The number of nitrogens with one attached hydrogen (secondary N) is 1. The summed E-state index contributed by atoms with van der Waals surface area (Å²) < 4.78 is 5.78. The molecule has 0 fully saturated rings. The predicted molar refractivity (Wildman–Crippen MR) is 102 cm³/mol. The molecule has 1 atom stereocenters. The van der Waals surface area contributed by atoms with Gasteiger partial charge in [0, 0.05) is 24.2 Å². The van der Waals surface area contributed by atoms with Crippen LogP contribution in [0.5, 0.6) is 0 Å². The minimum Gasteiger partial charge on any atom is -0.371 e. The summed E-state index contributed by atoms with van der Waals surface area (Å²) in [6.07, 6.45) is 0.692. The van der Waals surface area contributed by atoms with E-state index in [1.165, 1.54) is 34.6 Å². The molecule has 1 aliphatic rings. The van der Waals surface area contributed by atoms with Crippen molar-refractivity contribution in [1.29, 1.82) is 0 Å². The Morgan fingerprint density at radius 1 is 1.24 bits per heavy atom. The molecule has 1 amide bonds. The molecule has 2 heterocycles. The molecule has 3 aromatic rings. The summed E-state index contributed by atoms with van der Waals surface area (Å²) in [7, 11) is 0. The standard InChI is InChI=1S/C19H18N6O4/c26-18(20-11-17-16-4-2-1-3-13(16)9-10-29-17)12-24-22-19(21-23-24)14-5-7-15(8-6-14)25(27)28/h1-8,17H,9-12H2,(H,20,26). The molecule has 0 saturated carbocycles. The molecule has 4 rings (SSSR count). The molecule has 2 aromatic carbocycles. The zero-order chi connectivity index (χ0) is 20.2. The Morgan fingerprint density at radius 3 is 2.83 bits per heavy atom. The second kappa shape index (κ2) is 8.15. The number of tetrazole rings is 1. The number of aromatic nitrogens is 4. The summed E-state index contributed by atoms with van der Waals surface area (Å²) in [5, 5.41) is 25.5. The zero-order valence-electron chi connectivity index (χ0n) is 15.4. The highest BCUT2D eigenvalue weighted by molar-refractivity contribution is 5.75. The number of nitro benzene ring substituents is 1. The topological polar surface area (TPSA) is 125 Å². The fraction of sp³-hybridized carbons (Fsp3) is 0.263. The Bertz CT molecular complexity index is 1030. The molecule has 0 spiro atoms. The van der Waals surface area contributed by atoms with Crippen LogP contribution in [0.25, 0.3) is 11.4 Å². The Labute approximate surface area is 165 Å². The molecule has 1 aliphatic heterocycles. The van der Waals surface area contributed by atoms with Crippen molar-refractivity contribution in [3.63, 3.8) is 0 Å². The largest absolute Gasteiger partial charge is 0.371 e. The Balaban J connectivity index is 1.34. The van der Waals surface area contributed by atoms with Gasteiger partial charge in [0.25, 0.3) is 5.69 Å². The Hall–Kier alpha value is -3.66. The lowest BCUT2D eigenvalue weighted by Gasteiger charge is -2.26. The van der Waals surface area contributed by atoms with E-state index in [1.807, 2.05) is 18.2 Å². The molecule has 10 heteroatoms. The summed E-state index contributed by atoms with van der Waals surface area (Å²) in [5.74, 6) is 0.0292. The minimum atomic E-state index is -0.479. The van der Waals surface area contributed by atoms with E-state index in [0.717, 1.165) is 12.0 Å². The van der Waals surface area contributed by atoms with E-state index < -0.39 is 4.92 Å². The van der Waals surface area contributed by atoms with Crippen LogP contribution in [0.3, 0.4) is 0 Å². The van der Waals surface area contributed by atoms with Crippen LogP contribution < -0.4 is 5.32 Å². The van der Waals surface area contributed by atoms with E-state index in [1.54, 1.807) is 0 Å². The summed E-state index contributed by atoms with van der Waals surface area (Å²) in [5.41, 5.74) is 2.89. The van der Waals surface area contributed by atoms with Gasteiger partial charge >= 0.3 is 0 Å². The molecular weight excluding hydrogens is 376 g/mol. The fourth-order valence-corrected chi connectivity index (χ4v) is 3.19. The maximum Gasteiger partial charge on any atom is 0.269 e. The van der Waals surface area contributed by atoms with E-state index in [9.17, 15) is 14.9 Å². The van der Waals surface area contributed by atoms with Crippen molar-refractivity contribution in [1.82, 2.24) is 25.5 Å². The lowest BCUT2D eigenvalue weighted by atomic mass is 9.97. The van der Waals surface area contributed by atoms with Crippen LogP contribution in [0.4, 0.5) is 5.69 Å². The maximum absolute atomic E-state index is 12.3. The van der Waals surface area contributed by atoms with E-state index in [4.69, 9.17) is 4.74 Å². The molecule has 0 aliphatic carbocycles. The number of hydrogen-bond donors (Lipinski definition) is 1. The number of nitro groups is 1. The fourth-order valence-electron chi connectivity index (χ4n) is 3.19. The highest BCUT2D eigenvalue weighted by atomic mass is 16.6. The highest BCUT2D eigenvalue weighted by Crippen LogP contribution is 2.26. The Kier molecular flexibility index (Phi) is 5.25.